The molecule has 0 saturated carbocycles. The number of benzene rings is 1. The normalized spacial score (nSPS) is 10.4. The molecule has 0 radical (unpaired) electrons. The van der Waals surface area contributed by atoms with Crippen LogP contribution >= 0.6 is 11.6 Å². The van der Waals surface area contributed by atoms with Crippen molar-refractivity contribution in [3.63, 3.8) is 0 Å². The zero-order valence-corrected chi connectivity index (χ0v) is 9.16. The third kappa shape index (κ3) is 1.97. The van der Waals surface area contributed by atoms with Crippen LogP contribution in [0.1, 0.15) is 5.56 Å². The van der Waals surface area contributed by atoms with Crippen LogP contribution in [0.15, 0.2) is 24.5 Å². The fraction of sp³-hybridized carbons (Fsp3) is 0.0909. The lowest BCUT2D eigenvalue weighted by Gasteiger charge is -2.06. The van der Waals surface area contributed by atoms with E-state index in [-0.39, 0.29) is 10.9 Å². The van der Waals surface area contributed by atoms with Gasteiger partial charge in [-0.2, -0.15) is 0 Å². The number of phenolic OH excluding ortho intramolecular Hbond substituents is 1. The highest BCUT2D eigenvalue weighted by atomic mass is 35.5. The van der Waals surface area contributed by atoms with Crippen LogP contribution in [0.4, 0.5) is 4.39 Å². The Kier molecular flexibility index (Phi) is 2.75. The number of phenols is 1. The largest absolute Gasteiger partial charge is 0.508 e. The smallest absolute Gasteiger partial charge is 0.147 e. The Morgan fingerprint density at radius 3 is 2.56 bits per heavy atom. The molecule has 1 aromatic carbocycles. The van der Waals surface area contributed by atoms with Gasteiger partial charge in [-0.1, -0.05) is 11.6 Å². The van der Waals surface area contributed by atoms with Crippen LogP contribution in [-0.4, -0.2) is 15.1 Å². The van der Waals surface area contributed by atoms with E-state index in [9.17, 15) is 9.50 Å². The van der Waals surface area contributed by atoms with Gasteiger partial charge in [0.05, 0.1) is 18.1 Å². The highest BCUT2D eigenvalue weighted by molar-refractivity contribution is 6.29. The summed E-state index contributed by atoms with van der Waals surface area (Å²) < 4.78 is 13.6. The molecule has 1 heterocycles. The number of aromatic nitrogens is 2. The minimum Gasteiger partial charge on any atom is -0.508 e. The van der Waals surface area contributed by atoms with E-state index in [0.29, 0.717) is 16.8 Å². The second-order valence-corrected chi connectivity index (χ2v) is 3.73. The minimum atomic E-state index is -0.533. The van der Waals surface area contributed by atoms with Crippen molar-refractivity contribution in [1.29, 1.82) is 0 Å². The highest BCUT2D eigenvalue weighted by Crippen LogP contribution is 2.28. The quantitative estimate of drug-likeness (QED) is 0.831. The third-order valence-corrected chi connectivity index (χ3v) is 2.34. The molecule has 5 heteroatoms. The van der Waals surface area contributed by atoms with E-state index in [2.05, 4.69) is 9.97 Å². The second-order valence-electron chi connectivity index (χ2n) is 3.34. The van der Waals surface area contributed by atoms with Gasteiger partial charge < -0.3 is 5.11 Å². The van der Waals surface area contributed by atoms with Crippen LogP contribution in [-0.2, 0) is 0 Å². The van der Waals surface area contributed by atoms with Crippen LogP contribution < -0.4 is 0 Å². The molecule has 2 rings (SSSR count). The summed E-state index contributed by atoms with van der Waals surface area (Å²) in [6.07, 6.45) is 2.74. The van der Waals surface area contributed by atoms with Crippen molar-refractivity contribution in [2.45, 2.75) is 6.92 Å². The molecule has 16 heavy (non-hydrogen) atoms. The summed E-state index contributed by atoms with van der Waals surface area (Å²) in [6.45, 7) is 1.69. The Balaban J connectivity index is 2.60. The third-order valence-electron chi connectivity index (χ3n) is 2.15. The number of hydrogen-bond acceptors (Lipinski definition) is 3. The molecule has 0 aliphatic rings. The predicted octanol–water partition coefficient (Wildman–Crippen LogP) is 2.95. The number of halogens is 2. The van der Waals surface area contributed by atoms with Gasteiger partial charge in [0.15, 0.2) is 0 Å². The maximum absolute atomic E-state index is 13.6. The highest BCUT2D eigenvalue weighted by Gasteiger charge is 2.11. The minimum absolute atomic E-state index is 0.110. The topological polar surface area (TPSA) is 46.0 Å². The Morgan fingerprint density at radius 2 is 2.00 bits per heavy atom. The predicted molar refractivity (Wildman–Crippen MR) is 58.8 cm³/mol. The molecule has 0 amide bonds. The number of hydrogen-bond donors (Lipinski definition) is 1. The molecule has 0 aliphatic heterocycles. The van der Waals surface area contributed by atoms with Gasteiger partial charge in [-0.25, -0.2) is 9.37 Å². The van der Waals surface area contributed by atoms with Gasteiger partial charge in [-0.05, 0) is 18.6 Å². The van der Waals surface area contributed by atoms with Crippen molar-refractivity contribution in [3.8, 4) is 17.0 Å². The summed E-state index contributed by atoms with van der Waals surface area (Å²) in [5, 5.41) is 9.46. The summed E-state index contributed by atoms with van der Waals surface area (Å²) in [7, 11) is 0. The summed E-state index contributed by atoms with van der Waals surface area (Å²) in [5.74, 6) is -0.644. The number of nitrogens with zero attached hydrogens (tertiary/aromatic N) is 2. The zero-order chi connectivity index (χ0) is 11.7. The molecule has 0 aliphatic carbocycles. The maximum Gasteiger partial charge on any atom is 0.147 e. The van der Waals surface area contributed by atoms with Crippen LogP contribution in [0.5, 0.6) is 5.75 Å². The number of aromatic hydroxyl groups is 1. The van der Waals surface area contributed by atoms with Gasteiger partial charge in [0.1, 0.15) is 16.7 Å². The van der Waals surface area contributed by atoms with E-state index in [0.717, 1.165) is 6.07 Å². The molecule has 0 unspecified atom stereocenters. The van der Waals surface area contributed by atoms with E-state index < -0.39 is 5.82 Å². The second kappa shape index (κ2) is 4.06. The molecule has 0 atom stereocenters. The Labute approximate surface area is 96.6 Å². The van der Waals surface area contributed by atoms with Crippen LogP contribution in [0.3, 0.4) is 0 Å². The summed E-state index contributed by atoms with van der Waals surface area (Å²) in [5.41, 5.74) is 1.30. The molecule has 3 nitrogen and oxygen atoms in total. The van der Waals surface area contributed by atoms with Gasteiger partial charge in [-0.15, -0.1) is 0 Å². The average Bonchev–Trinajstić information content (AvgIpc) is 2.19. The van der Waals surface area contributed by atoms with Gasteiger partial charge in [0, 0.05) is 11.6 Å². The molecule has 1 aromatic heterocycles. The van der Waals surface area contributed by atoms with E-state index in [1.165, 1.54) is 18.5 Å². The van der Waals surface area contributed by atoms with E-state index in [4.69, 9.17) is 11.6 Å². The monoisotopic (exact) mass is 238 g/mol. The Bertz CT molecular complexity index is 505. The average molecular weight is 239 g/mol. The number of rotatable bonds is 1. The van der Waals surface area contributed by atoms with Crippen LogP contribution in [0, 0.1) is 12.7 Å². The fourth-order valence-corrected chi connectivity index (χ4v) is 1.59. The number of aryl methyl sites for hydroxylation is 1. The fourth-order valence-electron chi connectivity index (χ4n) is 1.49. The molecule has 2 aromatic rings. The summed E-state index contributed by atoms with van der Waals surface area (Å²) in [6, 6.07) is 2.51. The Morgan fingerprint density at radius 1 is 1.25 bits per heavy atom. The van der Waals surface area contributed by atoms with E-state index >= 15 is 0 Å². The maximum atomic E-state index is 13.6. The molecular formula is C11H8ClFN2O. The first-order valence-corrected chi connectivity index (χ1v) is 4.93. The molecule has 82 valence electrons. The van der Waals surface area contributed by atoms with Crippen molar-refractivity contribution >= 4 is 11.6 Å². The van der Waals surface area contributed by atoms with Crippen LogP contribution in [0.2, 0.25) is 5.15 Å². The molecule has 0 spiro atoms. The van der Waals surface area contributed by atoms with E-state index in [1.54, 1.807) is 6.92 Å². The molecule has 0 bridgehead atoms. The van der Waals surface area contributed by atoms with Crippen molar-refractivity contribution in [2.24, 2.45) is 0 Å². The molecule has 0 saturated heterocycles. The lowest BCUT2D eigenvalue weighted by molar-refractivity contribution is 0.469. The standard InChI is InChI=1S/C11H8ClFN2O/c1-6-2-7(16)3-8(13)11(6)9-4-15-10(12)5-14-9/h2-5,16H,1H3. The first kappa shape index (κ1) is 10.8. The van der Waals surface area contributed by atoms with Gasteiger partial charge in [0.25, 0.3) is 0 Å². The van der Waals surface area contributed by atoms with Crippen molar-refractivity contribution in [1.82, 2.24) is 9.97 Å². The van der Waals surface area contributed by atoms with Crippen molar-refractivity contribution in [2.75, 3.05) is 0 Å². The van der Waals surface area contributed by atoms with Gasteiger partial charge >= 0.3 is 0 Å². The van der Waals surface area contributed by atoms with Crippen LogP contribution in [0.25, 0.3) is 11.3 Å². The molecule has 0 fully saturated rings. The summed E-state index contributed by atoms with van der Waals surface area (Å²) in [4.78, 5) is 7.82. The SMILES string of the molecule is Cc1cc(O)cc(F)c1-c1cnc(Cl)cn1. The van der Waals surface area contributed by atoms with Crippen molar-refractivity contribution in [3.05, 3.63) is 41.1 Å². The zero-order valence-electron chi connectivity index (χ0n) is 8.41. The lowest BCUT2D eigenvalue weighted by Crippen LogP contribution is -1.92. The lowest BCUT2D eigenvalue weighted by atomic mass is 10.1. The summed E-state index contributed by atoms with van der Waals surface area (Å²) >= 11 is 5.60. The van der Waals surface area contributed by atoms with E-state index in [1.807, 2.05) is 0 Å². The first-order chi connectivity index (χ1) is 7.58. The molecule has 1 N–H and O–H groups in total. The van der Waals surface area contributed by atoms with Gasteiger partial charge in [-0.3, -0.25) is 4.98 Å². The molecular weight excluding hydrogens is 231 g/mol. The van der Waals surface area contributed by atoms with Crippen molar-refractivity contribution < 1.29 is 9.50 Å². The van der Waals surface area contributed by atoms with Gasteiger partial charge in [0.2, 0.25) is 0 Å². The first-order valence-electron chi connectivity index (χ1n) is 4.55. The Hall–Kier alpha value is -1.68.